The van der Waals surface area contributed by atoms with Gasteiger partial charge in [0.05, 0.1) is 5.92 Å². The van der Waals surface area contributed by atoms with Crippen LogP contribution in [0.15, 0.2) is 12.2 Å². The first-order chi connectivity index (χ1) is 5.22. The van der Waals surface area contributed by atoms with Gasteiger partial charge in [-0.05, 0) is 19.8 Å². The molecule has 1 atom stereocenters. The van der Waals surface area contributed by atoms with Crippen LogP contribution in [-0.2, 0) is 9.59 Å². The fourth-order valence-electron chi connectivity index (χ4n) is 1.25. The Balaban J connectivity index is 2.73. The second-order valence-corrected chi connectivity index (χ2v) is 2.88. The Labute approximate surface area is 66.3 Å². The summed E-state index contributed by atoms with van der Waals surface area (Å²) < 4.78 is 0. The van der Waals surface area contributed by atoms with Crippen molar-refractivity contribution in [2.75, 3.05) is 0 Å². The van der Waals surface area contributed by atoms with Gasteiger partial charge in [-0.1, -0.05) is 12.2 Å². The number of carbonyl (C=O) groups excluding carboxylic acids is 2. The maximum Gasteiger partial charge on any atom is 0.147 e. The highest BCUT2D eigenvalue weighted by molar-refractivity contribution is 6.03. The predicted octanol–water partition coefficient (Wildman–Crippen LogP) is 1.50. The number of hydrogen-bond donors (Lipinski definition) is 0. The lowest BCUT2D eigenvalue weighted by molar-refractivity contribution is -0.129. The fourth-order valence-corrected chi connectivity index (χ4v) is 1.25. The number of ketones is 2. The second-order valence-electron chi connectivity index (χ2n) is 2.88. The van der Waals surface area contributed by atoms with Gasteiger partial charge >= 0.3 is 0 Å². The molecular weight excluding hydrogens is 140 g/mol. The lowest BCUT2D eigenvalue weighted by Crippen LogP contribution is -2.18. The molecule has 2 nitrogen and oxygen atoms in total. The zero-order chi connectivity index (χ0) is 8.27. The van der Waals surface area contributed by atoms with Crippen molar-refractivity contribution >= 4 is 11.6 Å². The lowest BCUT2D eigenvalue weighted by Gasteiger charge is -2.03. The average molecular weight is 152 g/mol. The van der Waals surface area contributed by atoms with Gasteiger partial charge in [-0.3, -0.25) is 9.59 Å². The Hall–Kier alpha value is -0.920. The van der Waals surface area contributed by atoms with Crippen molar-refractivity contribution in [2.24, 2.45) is 5.92 Å². The molecule has 0 aromatic rings. The molecule has 0 heterocycles. The third kappa shape index (κ3) is 2.00. The molecule has 0 aromatic heterocycles. The van der Waals surface area contributed by atoms with E-state index in [1.54, 1.807) is 6.08 Å². The predicted molar refractivity (Wildman–Crippen MR) is 42.2 cm³/mol. The van der Waals surface area contributed by atoms with Crippen LogP contribution in [0.1, 0.15) is 26.2 Å². The minimum Gasteiger partial charge on any atom is -0.299 e. The summed E-state index contributed by atoms with van der Waals surface area (Å²) >= 11 is 0. The van der Waals surface area contributed by atoms with Gasteiger partial charge in [-0.2, -0.15) is 0 Å². The Morgan fingerprint density at radius 3 is 3.00 bits per heavy atom. The van der Waals surface area contributed by atoms with Crippen molar-refractivity contribution in [3.05, 3.63) is 12.2 Å². The molecule has 0 aromatic carbocycles. The molecule has 2 heteroatoms. The monoisotopic (exact) mass is 152 g/mol. The SMILES string of the molecule is CC(=O)C1C=CCCCC1=O. The van der Waals surface area contributed by atoms with E-state index in [0.29, 0.717) is 6.42 Å². The van der Waals surface area contributed by atoms with E-state index in [9.17, 15) is 9.59 Å². The van der Waals surface area contributed by atoms with Gasteiger partial charge in [-0.25, -0.2) is 0 Å². The van der Waals surface area contributed by atoms with Gasteiger partial charge in [0.15, 0.2) is 0 Å². The molecule has 0 saturated heterocycles. The van der Waals surface area contributed by atoms with Crippen molar-refractivity contribution in [3.63, 3.8) is 0 Å². The van der Waals surface area contributed by atoms with Crippen LogP contribution in [-0.4, -0.2) is 11.6 Å². The van der Waals surface area contributed by atoms with Crippen LogP contribution in [0.2, 0.25) is 0 Å². The summed E-state index contributed by atoms with van der Waals surface area (Å²) in [6.07, 6.45) is 6.03. The average Bonchev–Trinajstić information content (AvgIpc) is 2.13. The molecule has 1 aliphatic rings. The first-order valence-corrected chi connectivity index (χ1v) is 3.91. The highest BCUT2D eigenvalue weighted by Crippen LogP contribution is 2.13. The van der Waals surface area contributed by atoms with E-state index in [2.05, 4.69) is 0 Å². The van der Waals surface area contributed by atoms with Crippen LogP contribution in [0.5, 0.6) is 0 Å². The van der Waals surface area contributed by atoms with Crippen molar-refractivity contribution in [1.29, 1.82) is 0 Å². The quantitative estimate of drug-likeness (QED) is 0.421. The first kappa shape index (κ1) is 8.18. The molecule has 1 rings (SSSR count). The van der Waals surface area contributed by atoms with Crippen molar-refractivity contribution in [1.82, 2.24) is 0 Å². The Morgan fingerprint density at radius 2 is 2.36 bits per heavy atom. The Kier molecular flexibility index (Phi) is 2.58. The standard InChI is InChI=1S/C9H12O2/c1-7(10)8-5-3-2-4-6-9(8)11/h3,5,8H,2,4,6H2,1H3. The molecule has 0 fully saturated rings. The van der Waals surface area contributed by atoms with Crippen LogP contribution in [0.3, 0.4) is 0 Å². The second kappa shape index (κ2) is 3.46. The minimum absolute atomic E-state index is 0.0341. The van der Waals surface area contributed by atoms with Gasteiger partial charge in [0.25, 0.3) is 0 Å². The van der Waals surface area contributed by atoms with E-state index < -0.39 is 5.92 Å². The largest absolute Gasteiger partial charge is 0.299 e. The molecule has 1 aliphatic carbocycles. The van der Waals surface area contributed by atoms with Crippen molar-refractivity contribution in [2.45, 2.75) is 26.2 Å². The molecule has 0 amide bonds. The van der Waals surface area contributed by atoms with Gasteiger partial charge in [0, 0.05) is 6.42 Å². The van der Waals surface area contributed by atoms with Crippen LogP contribution >= 0.6 is 0 Å². The molecule has 0 saturated carbocycles. The maximum absolute atomic E-state index is 11.2. The summed E-state index contributed by atoms with van der Waals surface area (Å²) in [5.41, 5.74) is 0. The third-order valence-electron chi connectivity index (χ3n) is 1.91. The maximum atomic E-state index is 11.2. The summed E-state index contributed by atoms with van der Waals surface area (Å²) in [5, 5.41) is 0. The number of hydrogen-bond acceptors (Lipinski definition) is 2. The van der Waals surface area contributed by atoms with Gasteiger partial charge in [-0.15, -0.1) is 0 Å². The molecule has 1 unspecified atom stereocenters. The van der Waals surface area contributed by atoms with Gasteiger partial charge < -0.3 is 0 Å². The van der Waals surface area contributed by atoms with Gasteiger partial charge in [0.1, 0.15) is 11.6 Å². The van der Waals surface area contributed by atoms with Crippen LogP contribution in [0.25, 0.3) is 0 Å². The fraction of sp³-hybridized carbons (Fsp3) is 0.556. The summed E-state index contributed by atoms with van der Waals surface area (Å²) in [6, 6.07) is 0. The normalized spacial score (nSPS) is 24.8. The number of allylic oxidation sites excluding steroid dienone is 2. The van der Waals surface area contributed by atoms with Crippen LogP contribution < -0.4 is 0 Å². The molecule has 60 valence electrons. The smallest absolute Gasteiger partial charge is 0.147 e. The summed E-state index contributed by atoms with van der Waals surface area (Å²) in [7, 11) is 0. The number of rotatable bonds is 1. The topological polar surface area (TPSA) is 34.1 Å². The van der Waals surface area contributed by atoms with Crippen molar-refractivity contribution < 1.29 is 9.59 Å². The molecule has 11 heavy (non-hydrogen) atoms. The zero-order valence-corrected chi connectivity index (χ0v) is 6.67. The molecule has 0 radical (unpaired) electrons. The molecule has 0 N–H and O–H groups in total. The van der Waals surface area contributed by atoms with E-state index in [4.69, 9.17) is 0 Å². The molecule has 0 aliphatic heterocycles. The van der Waals surface area contributed by atoms with E-state index in [1.807, 2.05) is 6.08 Å². The third-order valence-corrected chi connectivity index (χ3v) is 1.91. The van der Waals surface area contributed by atoms with Crippen LogP contribution in [0.4, 0.5) is 0 Å². The minimum atomic E-state index is -0.447. The number of carbonyl (C=O) groups is 2. The lowest BCUT2D eigenvalue weighted by atomic mass is 9.98. The molecular formula is C9H12O2. The van der Waals surface area contributed by atoms with E-state index in [1.165, 1.54) is 6.92 Å². The van der Waals surface area contributed by atoms with Crippen LogP contribution in [0, 0.1) is 5.92 Å². The van der Waals surface area contributed by atoms with E-state index in [0.717, 1.165) is 12.8 Å². The van der Waals surface area contributed by atoms with E-state index in [-0.39, 0.29) is 11.6 Å². The first-order valence-electron chi connectivity index (χ1n) is 3.91. The Morgan fingerprint density at radius 1 is 1.64 bits per heavy atom. The molecule has 0 spiro atoms. The summed E-state index contributed by atoms with van der Waals surface area (Å²) in [5.74, 6) is -0.406. The summed E-state index contributed by atoms with van der Waals surface area (Å²) in [6.45, 7) is 1.47. The van der Waals surface area contributed by atoms with Gasteiger partial charge in [0.2, 0.25) is 0 Å². The highest BCUT2D eigenvalue weighted by atomic mass is 16.1. The van der Waals surface area contributed by atoms with E-state index >= 15 is 0 Å². The summed E-state index contributed by atoms with van der Waals surface area (Å²) in [4.78, 5) is 22.1. The highest BCUT2D eigenvalue weighted by Gasteiger charge is 2.20. The Bertz CT molecular complexity index is 204. The molecule has 0 bridgehead atoms. The number of Topliss-reactive ketones (excluding diaryl/α,β-unsaturated/α-hetero) is 2. The van der Waals surface area contributed by atoms with Crippen molar-refractivity contribution in [3.8, 4) is 0 Å². The zero-order valence-electron chi connectivity index (χ0n) is 6.67.